The summed E-state index contributed by atoms with van der Waals surface area (Å²) < 4.78 is 44.0. The van der Waals surface area contributed by atoms with Crippen molar-refractivity contribution in [1.29, 1.82) is 0 Å². The molecular weight excluding hydrogens is 615 g/mol. The second-order valence-electron chi connectivity index (χ2n) is 14.1. The van der Waals surface area contributed by atoms with Crippen molar-refractivity contribution < 1.29 is 17.7 Å². The number of aryl methyl sites for hydroxylation is 1. The van der Waals surface area contributed by atoms with Crippen LogP contribution in [0.4, 0.5) is 5.82 Å². The molecule has 244 valence electrons. The standard InChI is InChI=1S/C30H43N9O4S2/c1-19-25(35-44(40)28(2,3)4)30(18-42-19)11-13-38(14-12-30)26-23(17-43-45(41)29(5,6)7)33-27-22(32-26)16-31-39(27)20-9-10-21-24(15-20)37(8)36-34-21/h9-10,15-16,19,25,35H,11-14,17-18H2,1-8H3/t19-,25+,44?,45?/m0/s1. The normalized spacial score (nSPS) is 22.1. The molecule has 0 aliphatic carbocycles. The molecule has 6 rings (SSSR count). The van der Waals surface area contributed by atoms with E-state index in [1.54, 1.807) is 15.6 Å². The van der Waals surface area contributed by atoms with Crippen LogP contribution in [-0.4, -0.2) is 84.8 Å². The molecule has 0 amide bonds. The van der Waals surface area contributed by atoms with Crippen molar-refractivity contribution in [3.05, 3.63) is 30.1 Å². The van der Waals surface area contributed by atoms with Gasteiger partial charge in [-0.1, -0.05) is 5.21 Å². The van der Waals surface area contributed by atoms with E-state index < -0.39 is 27.2 Å². The quantitative estimate of drug-likeness (QED) is 0.291. The van der Waals surface area contributed by atoms with Crippen molar-refractivity contribution in [2.75, 3.05) is 24.6 Å². The van der Waals surface area contributed by atoms with Gasteiger partial charge in [0.25, 0.3) is 0 Å². The first-order valence-electron chi connectivity index (χ1n) is 15.3. The summed E-state index contributed by atoms with van der Waals surface area (Å²) in [6, 6.07) is 5.78. The van der Waals surface area contributed by atoms with Gasteiger partial charge in [-0.15, -0.1) is 9.82 Å². The van der Waals surface area contributed by atoms with Crippen LogP contribution in [-0.2, 0) is 45.0 Å². The fourth-order valence-corrected chi connectivity index (χ4v) is 7.56. The Kier molecular flexibility index (Phi) is 8.48. The smallest absolute Gasteiger partial charge is 0.182 e. The maximum absolute atomic E-state index is 13.1. The van der Waals surface area contributed by atoms with Gasteiger partial charge in [-0.25, -0.2) is 23.5 Å². The van der Waals surface area contributed by atoms with Gasteiger partial charge < -0.3 is 14.2 Å². The highest BCUT2D eigenvalue weighted by atomic mass is 32.2. The second kappa shape index (κ2) is 11.8. The summed E-state index contributed by atoms with van der Waals surface area (Å²) in [5, 5.41) is 12.9. The van der Waals surface area contributed by atoms with Crippen molar-refractivity contribution in [2.45, 2.75) is 89.6 Å². The van der Waals surface area contributed by atoms with Crippen LogP contribution in [0.1, 0.15) is 67.0 Å². The molecule has 1 N–H and O–H groups in total. The number of fused-ring (bicyclic) bond motifs is 2. The fourth-order valence-electron chi connectivity index (χ4n) is 5.96. The van der Waals surface area contributed by atoms with Crippen LogP contribution in [0.2, 0.25) is 0 Å². The molecule has 2 saturated heterocycles. The first-order chi connectivity index (χ1) is 21.2. The Balaban J connectivity index is 1.31. The Labute approximate surface area is 269 Å². The Morgan fingerprint density at radius 1 is 1.16 bits per heavy atom. The van der Waals surface area contributed by atoms with E-state index in [1.807, 2.05) is 66.8 Å². The third kappa shape index (κ3) is 6.22. The number of aromatic nitrogens is 7. The average Bonchev–Trinajstić information content (AvgIpc) is 3.66. The summed E-state index contributed by atoms with van der Waals surface area (Å²) in [6.07, 6.45) is 3.35. The lowest BCUT2D eigenvalue weighted by Gasteiger charge is -2.43. The van der Waals surface area contributed by atoms with Crippen molar-refractivity contribution >= 4 is 50.5 Å². The van der Waals surface area contributed by atoms with Gasteiger partial charge in [0.2, 0.25) is 0 Å². The average molecular weight is 658 g/mol. The van der Waals surface area contributed by atoms with E-state index in [9.17, 15) is 8.76 Å². The van der Waals surface area contributed by atoms with E-state index in [0.29, 0.717) is 42.4 Å². The molecule has 4 aromatic rings. The minimum Gasteiger partial charge on any atom is -0.598 e. The number of hydrogen-bond donors (Lipinski definition) is 1. The Morgan fingerprint density at radius 3 is 2.58 bits per heavy atom. The topological polar surface area (TPSA) is 148 Å². The number of nitrogens with zero attached hydrogens (tertiary/aromatic N) is 8. The zero-order valence-electron chi connectivity index (χ0n) is 27.2. The number of piperidine rings is 1. The van der Waals surface area contributed by atoms with E-state index >= 15 is 0 Å². The zero-order chi connectivity index (χ0) is 32.3. The van der Waals surface area contributed by atoms with Crippen molar-refractivity contribution in [2.24, 2.45) is 12.5 Å². The van der Waals surface area contributed by atoms with E-state index in [4.69, 9.17) is 18.9 Å². The Hall–Kier alpha value is -2.69. The molecule has 13 nitrogen and oxygen atoms in total. The summed E-state index contributed by atoms with van der Waals surface area (Å²) >= 11 is -2.74. The summed E-state index contributed by atoms with van der Waals surface area (Å²) in [6.45, 7) is 15.7. The Bertz CT molecular complexity index is 1720. The molecule has 0 saturated carbocycles. The van der Waals surface area contributed by atoms with Crippen LogP contribution in [0.25, 0.3) is 27.9 Å². The summed E-state index contributed by atoms with van der Waals surface area (Å²) in [5.41, 5.74) is 4.15. The van der Waals surface area contributed by atoms with Gasteiger partial charge in [0.1, 0.15) is 28.1 Å². The van der Waals surface area contributed by atoms with Gasteiger partial charge in [0, 0.05) is 36.9 Å². The molecule has 1 spiro atoms. The first kappa shape index (κ1) is 32.3. The first-order valence-corrected chi connectivity index (χ1v) is 17.5. The molecule has 45 heavy (non-hydrogen) atoms. The van der Waals surface area contributed by atoms with Crippen molar-refractivity contribution in [3.8, 4) is 5.69 Å². The van der Waals surface area contributed by atoms with Gasteiger partial charge in [-0.05, 0) is 79.5 Å². The van der Waals surface area contributed by atoms with E-state index in [-0.39, 0.29) is 28.9 Å². The lowest BCUT2D eigenvalue weighted by molar-refractivity contribution is 0.0973. The van der Waals surface area contributed by atoms with Gasteiger partial charge in [0.05, 0.1) is 40.9 Å². The van der Waals surface area contributed by atoms with Crippen LogP contribution < -0.4 is 9.62 Å². The minimum atomic E-state index is -1.54. The van der Waals surface area contributed by atoms with Gasteiger partial charge in [-0.3, -0.25) is 4.18 Å². The lowest BCUT2D eigenvalue weighted by atomic mass is 9.73. The zero-order valence-corrected chi connectivity index (χ0v) is 28.9. The lowest BCUT2D eigenvalue weighted by Crippen LogP contribution is -2.56. The molecular formula is C30H43N9O4S2. The summed E-state index contributed by atoms with van der Waals surface area (Å²) in [7, 11) is 1.85. The molecule has 0 bridgehead atoms. The monoisotopic (exact) mass is 657 g/mol. The molecule has 2 fully saturated rings. The number of hydrogen-bond acceptors (Lipinski definition) is 11. The third-order valence-corrected chi connectivity index (χ3v) is 11.6. The minimum absolute atomic E-state index is 0.0181. The summed E-state index contributed by atoms with van der Waals surface area (Å²) in [5.74, 6) is 0.698. The number of benzene rings is 1. The predicted octanol–water partition coefficient (Wildman–Crippen LogP) is 3.50. The fraction of sp³-hybridized carbons (Fsp3) is 0.633. The molecule has 2 aliphatic rings. The van der Waals surface area contributed by atoms with E-state index in [0.717, 1.165) is 29.6 Å². The highest BCUT2D eigenvalue weighted by molar-refractivity contribution is 7.90. The van der Waals surface area contributed by atoms with Gasteiger partial charge >= 0.3 is 0 Å². The molecule has 0 radical (unpaired) electrons. The number of anilines is 1. The van der Waals surface area contributed by atoms with Crippen LogP contribution in [0.3, 0.4) is 0 Å². The van der Waals surface area contributed by atoms with Crippen molar-refractivity contribution in [1.82, 2.24) is 39.5 Å². The molecule has 15 heteroatoms. The molecule has 4 atom stereocenters. The Morgan fingerprint density at radius 2 is 1.89 bits per heavy atom. The van der Waals surface area contributed by atoms with Crippen LogP contribution in [0.5, 0.6) is 0 Å². The highest BCUT2D eigenvalue weighted by Gasteiger charge is 2.52. The maximum atomic E-state index is 13.1. The number of rotatable bonds is 7. The number of ether oxygens (including phenoxy) is 1. The van der Waals surface area contributed by atoms with Gasteiger partial charge in [-0.2, -0.15) is 5.10 Å². The molecule has 1 aromatic carbocycles. The maximum Gasteiger partial charge on any atom is 0.182 e. The second-order valence-corrected chi connectivity index (χ2v) is 18.0. The summed E-state index contributed by atoms with van der Waals surface area (Å²) in [4.78, 5) is 12.3. The SMILES string of the molecule is C[C@@H]1OCC2(CCN(c3nc4cnn(-c5ccc6nnn(C)c6c5)c4nc3COS(=O)C(C)(C)C)CC2)[C@@H]1N[S+]([O-])C(C)(C)C. The molecule has 2 unspecified atom stereocenters. The van der Waals surface area contributed by atoms with E-state index in [2.05, 4.69) is 32.0 Å². The van der Waals surface area contributed by atoms with Crippen LogP contribution in [0, 0.1) is 5.41 Å². The van der Waals surface area contributed by atoms with E-state index in [1.165, 1.54) is 0 Å². The highest BCUT2D eigenvalue weighted by Crippen LogP contribution is 2.44. The largest absolute Gasteiger partial charge is 0.598 e. The van der Waals surface area contributed by atoms with Crippen LogP contribution in [0.15, 0.2) is 24.4 Å². The predicted molar refractivity (Wildman–Crippen MR) is 176 cm³/mol. The molecule has 5 heterocycles. The number of nitrogens with one attached hydrogen (secondary N) is 1. The molecule has 3 aromatic heterocycles. The third-order valence-electron chi connectivity index (χ3n) is 8.70. The molecule has 2 aliphatic heterocycles. The van der Waals surface area contributed by atoms with Crippen LogP contribution >= 0.6 is 0 Å². The van der Waals surface area contributed by atoms with Gasteiger partial charge in [0.15, 0.2) is 22.5 Å². The van der Waals surface area contributed by atoms with Crippen molar-refractivity contribution in [3.63, 3.8) is 0 Å².